The fourth-order valence-electron chi connectivity index (χ4n) is 2.26. The fraction of sp³-hybridized carbons (Fsp3) is 1.00. The molecule has 0 saturated carbocycles. The smallest absolute Gasteiger partial charge is 0.211 e. The Balaban J connectivity index is 2.79. The maximum atomic E-state index is 11.5. The molecule has 2 atom stereocenters. The molecular formula is C13H28N2O3S. The number of hydrogen-bond acceptors (Lipinski definition) is 4. The van der Waals surface area contributed by atoms with Crippen molar-refractivity contribution >= 4 is 10.0 Å². The summed E-state index contributed by atoms with van der Waals surface area (Å²) in [5.74, 6) is 0. The summed E-state index contributed by atoms with van der Waals surface area (Å²) in [5.41, 5.74) is 0.166. The van der Waals surface area contributed by atoms with Crippen LogP contribution in [0.4, 0.5) is 0 Å². The van der Waals surface area contributed by atoms with E-state index in [1.807, 2.05) is 0 Å². The molecule has 0 N–H and O–H groups in total. The van der Waals surface area contributed by atoms with Crippen molar-refractivity contribution in [3.8, 4) is 0 Å². The van der Waals surface area contributed by atoms with Crippen LogP contribution in [0, 0.1) is 5.41 Å². The highest BCUT2D eigenvalue weighted by Gasteiger charge is 2.34. The second kappa shape index (κ2) is 6.08. The third-order valence-corrected chi connectivity index (χ3v) is 5.34. The second-order valence-corrected chi connectivity index (χ2v) is 8.64. The van der Waals surface area contributed by atoms with Gasteiger partial charge in [0.2, 0.25) is 10.0 Å². The largest absolute Gasteiger partial charge is 0.378 e. The Morgan fingerprint density at radius 3 is 2.47 bits per heavy atom. The van der Waals surface area contributed by atoms with Gasteiger partial charge in [-0.25, -0.2) is 12.7 Å². The first-order chi connectivity index (χ1) is 8.53. The fourth-order valence-corrected chi connectivity index (χ4v) is 2.71. The van der Waals surface area contributed by atoms with Crippen molar-refractivity contribution in [2.45, 2.75) is 39.8 Å². The van der Waals surface area contributed by atoms with Crippen LogP contribution in [0.5, 0.6) is 0 Å². The zero-order chi connectivity index (χ0) is 14.8. The quantitative estimate of drug-likeness (QED) is 0.776. The molecule has 6 heteroatoms. The second-order valence-electron chi connectivity index (χ2n) is 6.55. The van der Waals surface area contributed by atoms with Gasteiger partial charge in [-0.1, -0.05) is 20.8 Å². The predicted molar refractivity (Wildman–Crippen MR) is 77.7 cm³/mol. The van der Waals surface area contributed by atoms with Crippen LogP contribution >= 0.6 is 0 Å². The Bertz CT molecular complexity index is 389. The van der Waals surface area contributed by atoms with Crippen LogP contribution in [0.25, 0.3) is 0 Å². The first kappa shape index (κ1) is 16.9. The van der Waals surface area contributed by atoms with Crippen LogP contribution in [0.1, 0.15) is 27.7 Å². The Morgan fingerprint density at radius 1 is 1.42 bits per heavy atom. The van der Waals surface area contributed by atoms with Crippen molar-refractivity contribution in [2.24, 2.45) is 5.41 Å². The molecule has 1 aliphatic rings. The van der Waals surface area contributed by atoms with E-state index in [1.165, 1.54) is 10.6 Å². The monoisotopic (exact) mass is 292 g/mol. The van der Waals surface area contributed by atoms with Crippen LogP contribution in [0.3, 0.4) is 0 Å². The van der Waals surface area contributed by atoms with Crippen LogP contribution in [-0.2, 0) is 14.8 Å². The molecule has 1 fully saturated rings. The summed E-state index contributed by atoms with van der Waals surface area (Å²) < 4.78 is 30.0. The summed E-state index contributed by atoms with van der Waals surface area (Å²) in [7, 11) is -1.51. The molecule has 0 aliphatic carbocycles. The van der Waals surface area contributed by atoms with E-state index in [2.05, 4.69) is 32.6 Å². The minimum atomic E-state index is -3.14. The van der Waals surface area contributed by atoms with Crippen LogP contribution in [-0.4, -0.2) is 69.3 Å². The minimum Gasteiger partial charge on any atom is -0.378 e. The van der Waals surface area contributed by atoms with E-state index in [1.54, 1.807) is 7.05 Å². The molecule has 114 valence electrons. The molecule has 0 aromatic heterocycles. The first-order valence-corrected chi connectivity index (χ1v) is 8.63. The molecule has 0 aromatic rings. The van der Waals surface area contributed by atoms with Crippen molar-refractivity contribution in [3.63, 3.8) is 0 Å². The average Bonchev–Trinajstić information content (AvgIpc) is 2.26. The lowest BCUT2D eigenvalue weighted by molar-refractivity contribution is -0.0505. The van der Waals surface area contributed by atoms with Gasteiger partial charge >= 0.3 is 0 Å². The maximum Gasteiger partial charge on any atom is 0.211 e. The van der Waals surface area contributed by atoms with Gasteiger partial charge in [0.25, 0.3) is 0 Å². The van der Waals surface area contributed by atoms with Gasteiger partial charge in [-0.3, -0.25) is 4.90 Å². The molecular weight excluding hydrogens is 264 g/mol. The summed E-state index contributed by atoms with van der Waals surface area (Å²) in [5, 5.41) is 0. The van der Waals surface area contributed by atoms with Gasteiger partial charge in [0.15, 0.2) is 0 Å². The molecule has 0 radical (unpaired) electrons. The van der Waals surface area contributed by atoms with E-state index < -0.39 is 10.0 Å². The lowest BCUT2D eigenvalue weighted by atomic mass is 9.86. The van der Waals surface area contributed by atoms with E-state index in [0.717, 1.165) is 13.2 Å². The molecule has 0 amide bonds. The normalized spacial score (nSPS) is 24.7. The zero-order valence-electron chi connectivity index (χ0n) is 13.0. The van der Waals surface area contributed by atoms with Gasteiger partial charge in [-0.2, -0.15) is 0 Å². The standard InChI is InChI=1S/C13H28N2O3S/c1-11(13(2,3)4)15-7-8-18-10-12(15)9-14(5)19(6,16)17/h11-12H,7-10H2,1-6H3. The van der Waals surface area contributed by atoms with E-state index in [0.29, 0.717) is 19.2 Å². The molecule has 0 bridgehead atoms. The van der Waals surface area contributed by atoms with Crippen molar-refractivity contribution in [1.29, 1.82) is 0 Å². The van der Waals surface area contributed by atoms with Crippen molar-refractivity contribution in [2.75, 3.05) is 39.6 Å². The highest BCUT2D eigenvalue weighted by molar-refractivity contribution is 7.88. The molecule has 2 unspecified atom stereocenters. The molecule has 0 aromatic carbocycles. The summed E-state index contributed by atoms with van der Waals surface area (Å²) in [4.78, 5) is 2.38. The number of ether oxygens (including phenoxy) is 1. The molecule has 0 spiro atoms. The summed E-state index contributed by atoms with van der Waals surface area (Å²) in [6.07, 6.45) is 1.24. The first-order valence-electron chi connectivity index (χ1n) is 6.78. The maximum absolute atomic E-state index is 11.5. The minimum absolute atomic E-state index is 0.127. The topological polar surface area (TPSA) is 49.9 Å². The molecule has 1 heterocycles. The Morgan fingerprint density at radius 2 is 2.00 bits per heavy atom. The Hall–Kier alpha value is -0.170. The lowest BCUT2D eigenvalue weighted by Crippen LogP contribution is -2.57. The number of nitrogens with zero attached hydrogens (tertiary/aromatic N) is 2. The summed E-state index contributed by atoms with van der Waals surface area (Å²) in [6, 6.07) is 0.511. The van der Waals surface area contributed by atoms with Gasteiger partial charge in [0, 0.05) is 32.2 Å². The number of morpholine rings is 1. The van der Waals surface area contributed by atoms with Crippen molar-refractivity contribution in [3.05, 3.63) is 0 Å². The summed E-state index contributed by atoms with van der Waals surface area (Å²) >= 11 is 0. The van der Waals surface area contributed by atoms with Gasteiger partial charge < -0.3 is 4.74 Å². The van der Waals surface area contributed by atoms with E-state index in [9.17, 15) is 8.42 Å². The zero-order valence-corrected chi connectivity index (χ0v) is 13.8. The van der Waals surface area contributed by atoms with Gasteiger partial charge in [0.05, 0.1) is 19.5 Å². The number of rotatable bonds is 4. The van der Waals surface area contributed by atoms with E-state index in [4.69, 9.17) is 4.74 Å². The van der Waals surface area contributed by atoms with Crippen LogP contribution in [0.2, 0.25) is 0 Å². The Kier molecular flexibility index (Phi) is 5.40. The van der Waals surface area contributed by atoms with Crippen molar-refractivity contribution in [1.82, 2.24) is 9.21 Å². The molecule has 1 rings (SSSR count). The number of hydrogen-bond donors (Lipinski definition) is 0. The third-order valence-electron chi connectivity index (χ3n) is 4.06. The van der Waals surface area contributed by atoms with Gasteiger partial charge in [-0.05, 0) is 12.3 Å². The van der Waals surface area contributed by atoms with Crippen LogP contribution in [0.15, 0.2) is 0 Å². The SMILES string of the molecule is CC(N1CCOCC1CN(C)S(C)(=O)=O)C(C)(C)C. The molecule has 19 heavy (non-hydrogen) atoms. The highest BCUT2D eigenvalue weighted by Crippen LogP contribution is 2.27. The Labute approximate surface area is 118 Å². The van der Waals surface area contributed by atoms with E-state index in [-0.39, 0.29) is 11.5 Å². The van der Waals surface area contributed by atoms with Gasteiger partial charge in [0.1, 0.15) is 0 Å². The van der Waals surface area contributed by atoms with Crippen LogP contribution < -0.4 is 0 Å². The number of sulfonamides is 1. The third kappa shape index (κ3) is 4.70. The van der Waals surface area contributed by atoms with E-state index >= 15 is 0 Å². The molecule has 1 aliphatic heterocycles. The average molecular weight is 292 g/mol. The highest BCUT2D eigenvalue weighted by atomic mass is 32.2. The molecule has 5 nitrogen and oxygen atoms in total. The summed E-state index contributed by atoms with van der Waals surface area (Å²) in [6.45, 7) is 11.5. The predicted octanol–water partition coefficient (Wildman–Crippen LogP) is 1.01. The molecule has 1 saturated heterocycles. The van der Waals surface area contributed by atoms with Gasteiger partial charge in [-0.15, -0.1) is 0 Å². The van der Waals surface area contributed by atoms with Crippen molar-refractivity contribution < 1.29 is 13.2 Å². The lowest BCUT2D eigenvalue weighted by Gasteiger charge is -2.45. The number of likely N-dealkylation sites (N-methyl/N-ethyl adjacent to an activating group) is 1.